The summed E-state index contributed by atoms with van der Waals surface area (Å²) in [6.45, 7) is 5.20. The third kappa shape index (κ3) is 3.62. The van der Waals surface area contributed by atoms with E-state index >= 15 is 0 Å². The van der Waals surface area contributed by atoms with Gasteiger partial charge in [0, 0.05) is 24.4 Å². The molecule has 2 aromatic rings. The van der Waals surface area contributed by atoms with Crippen LogP contribution >= 0.6 is 22.9 Å². The summed E-state index contributed by atoms with van der Waals surface area (Å²) in [5.41, 5.74) is 2.13. The standard InChI is InChI=1S/C15H22ClN3S/c1-4-13-15(16)14(19(3)18-13)10-11(17-5-2)9-12-7-6-8-20-12/h6-8,11,17H,4-5,9-10H2,1-3H3. The number of aromatic nitrogens is 2. The molecule has 0 saturated carbocycles. The number of hydrogen-bond donors (Lipinski definition) is 1. The van der Waals surface area contributed by atoms with Crippen LogP contribution < -0.4 is 5.32 Å². The number of halogens is 1. The summed E-state index contributed by atoms with van der Waals surface area (Å²) in [6.07, 6.45) is 2.83. The van der Waals surface area contributed by atoms with Crippen molar-refractivity contribution in [3.8, 4) is 0 Å². The Morgan fingerprint density at radius 1 is 1.40 bits per heavy atom. The highest BCUT2D eigenvalue weighted by Gasteiger charge is 2.18. The third-order valence-corrected chi connectivity index (χ3v) is 4.80. The smallest absolute Gasteiger partial charge is 0.0850 e. The average molecular weight is 312 g/mol. The molecule has 2 heterocycles. The zero-order valence-corrected chi connectivity index (χ0v) is 13.9. The molecule has 0 radical (unpaired) electrons. The Kier molecular flexibility index (Phi) is 5.64. The maximum atomic E-state index is 6.45. The van der Waals surface area contributed by atoms with E-state index in [0.29, 0.717) is 6.04 Å². The van der Waals surface area contributed by atoms with Gasteiger partial charge in [0.15, 0.2) is 0 Å². The van der Waals surface area contributed by atoms with Gasteiger partial charge < -0.3 is 5.32 Å². The van der Waals surface area contributed by atoms with E-state index < -0.39 is 0 Å². The Morgan fingerprint density at radius 3 is 2.75 bits per heavy atom. The van der Waals surface area contributed by atoms with E-state index in [0.717, 1.165) is 42.2 Å². The molecule has 0 amide bonds. The Balaban J connectivity index is 2.13. The second-order valence-electron chi connectivity index (χ2n) is 4.93. The Labute approximate surface area is 130 Å². The minimum atomic E-state index is 0.399. The SMILES string of the molecule is CCNC(Cc1cccs1)Cc1c(Cl)c(CC)nn1C. The molecule has 0 spiro atoms. The predicted octanol–water partition coefficient (Wildman–Crippen LogP) is 3.46. The predicted molar refractivity (Wildman–Crippen MR) is 86.8 cm³/mol. The van der Waals surface area contributed by atoms with Crippen molar-refractivity contribution >= 4 is 22.9 Å². The van der Waals surface area contributed by atoms with Crippen LogP contribution in [0, 0.1) is 0 Å². The van der Waals surface area contributed by atoms with Crippen molar-refractivity contribution < 1.29 is 0 Å². The summed E-state index contributed by atoms with van der Waals surface area (Å²) in [6, 6.07) is 4.70. The van der Waals surface area contributed by atoms with Crippen molar-refractivity contribution in [2.75, 3.05) is 6.54 Å². The summed E-state index contributed by atoms with van der Waals surface area (Å²) in [5, 5.41) is 11.0. The van der Waals surface area contributed by atoms with Crippen LogP contribution in [0.15, 0.2) is 17.5 Å². The monoisotopic (exact) mass is 311 g/mol. The van der Waals surface area contributed by atoms with Gasteiger partial charge in [0.1, 0.15) is 0 Å². The highest BCUT2D eigenvalue weighted by Crippen LogP contribution is 2.23. The first-order valence-corrected chi connectivity index (χ1v) is 8.37. The van der Waals surface area contributed by atoms with Gasteiger partial charge in [0.25, 0.3) is 0 Å². The van der Waals surface area contributed by atoms with E-state index in [1.54, 1.807) is 0 Å². The van der Waals surface area contributed by atoms with Crippen LogP contribution in [0.3, 0.4) is 0 Å². The van der Waals surface area contributed by atoms with Crippen LogP contribution in [-0.4, -0.2) is 22.4 Å². The highest BCUT2D eigenvalue weighted by atomic mass is 35.5. The Morgan fingerprint density at radius 2 is 2.20 bits per heavy atom. The van der Waals surface area contributed by atoms with Gasteiger partial charge in [-0.25, -0.2) is 0 Å². The lowest BCUT2D eigenvalue weighted by atomic mass is 10.1. The van der Waals surface area contributed by atoms with E-state index in [4.69, 9.17) is 11.6 Å². The van der Waals surface area contributed by atoms with Crippen LogP contribution in [0.1, 0.15) is 30.1 Å². The average Bonchev–Trinajstić information content (AvgIpc) is 3.02. The normalized spacial score (nSPS) is 12.8. The summed E-state index contributed by atoms with van der Waals surface area (Å²) in [7, 11) is 1.98. The van der Waals surface area contributed by atoms with Crippen LogP contribution in [-0.2, 0) is 26.3 Å². The molecule has 0 aliphatic heterocycles. The molecule has 5 heteroatoms. The van der Waals surface area contributed by atoms with Gasteiger partial charge in [-0.3, -0.25) is 4.68 Å². The number of nitrogens with zero attached hydrogens (tertiary/aromatic N) is 2. The van der Waals surface area contributed by atoms with E-state index in [2.05, 4.69) is 41.8 Å². The van der Waals surface area contributed by atoms with Crippen molar-refractivity contribution in [1.29, 1.82) is 0 Å². The highest BCUT2D eigenvalue weighted by molar-refractivity contribution is 7.09. The first-order valence-electron chi connectivity index (χ1n) is 7.11. The van der Waals surface area contributed by atoms with Gasteiger partial charge in [-0.05, 0) is 30.8 Å². The first-order chi connectivity index (χ1) is 9.65. The lowest BCUT2D eigenvalue weighted by Gasteiger charge is -2.17. The van der Waals surface area contributed by atoms with Crippen molar-refractivity contribution in [3.05, 3.63) is 38.8 Å². The number of rotatable bonds is 7. The number of nitrogens with one attached hydrogen (secondary N) is 1. The van der Waals surface area contributed by atoms with Gasteiger partial charge in [0.05, 0.1) is 16.4 Å². The topological polar surface area (TPSA) is 29.9 Å². The van der Waals surface area contributed by atoms with Crippen LogP contribution in [0.4, 0.5) is 0 Å². The largest absolute Gasteiger partial charge is 0.314 e. The lowest BCUT2D eigenvalue weighted by Crippen LogP contribution is -2.33. The van der Waals surface area contributed by atoms with Crippen molar-refractivity contribution in [1.82, 2.24) is 15.1 Å². The second-order valence-corrected chi connectivity index (χ2v) is 6.34. The van der Waals surface area contributed by atoms with Crippen molar-refractivity contribution in [3.63, 3.8) is 0 Å². The van der Waals surface area contributed by atoms with Gasteiger partial charge in [-0.15, -0.1) is 11.3 Å². The molecule has 2 aromatic heterocycles. The molecule has 0 bridgehead atoms. The molecular formula is C15H22ClN3S. The fourth-order valence-electron chi connectivity index (χ4n) is 2.45. The number of aryl methyl sites for hydroxylation is 2. The summed E-state index contributed by atoms with van der Waals surface area (Å²) >= 11 is 8.26. The molecule has 0 fully saturated rings. The van der Waals surface area contributed by atoms with Crippen LogP contribution in [0.25, 0.3) is 0 Å². The fourth-order valence-corrected chi connectivity index (χ4v) is 3.61. The van der Waals surface area contributed by atoms with Gasteiger partial charge in [-0.2, -0.15) is 5.10 Å². The maximum absolute atomic E-state index is 6.45. The molecule has 1 atom stereocenters. The molecule has 0 aromatic carbocycles. The van der Waals surface area contributed by atoms with E-state index in [1.807, 2.05) is 23.1 Å². The molecule has 3 nitrogen and oxygen atoms in total. The zero-order chi connectivity index (χ0) is 14.5. The third-order valence-electron chi connectivity index (χ3n) is 3.46. The molecule has 0 aliphatic carbocycles. The fraction of sp³-hybridized carbons (Fsp3) is 0.533. The number of hydrogen-bond acceptors (Lipinski definition) is 3. The van der Waals surface area contributed by atoms with E-state index in [9.17, 15) is 0 Å². The van der Waals surface area contributed by atoms with E-state index in [-0.39, 0.29) is 0 Å². The summed E-state index contributed by atoms with van der Waals surface area (Å²) < 4.78 is 1.93. The van der Waals surface area contributed by atoms with Crippen molar-refractivity contribution in [2.45, 2.75) is 39.2 Å². The molecule has 2 rings (SSSR count). The zero-order valence-electron chi connectivity index (χ0n) is 12.3. The molecule has 110 valence electrons. The molecule has 1 unspecified atom stereocenters. The van der Waals surface area contributed by atoms with Gasteiger partial charge in [0.2, 0.25) is 0 Å². The molecule has 1 N–H and O–H groups in total. The number of likely N-dealkylation sites (N-methyl/N-ethyl adjacent to an activating group) is 1. The van der Waals surface area contributed by atoms with Gasteiger partial charge >= 0.3 is 0 Å². The van der Waals surface area contributed by atoms with E-state index in [1.165, 1.54) is 4.88 Å². The molecular weight excluding hydrogens is 290 g/mol. The second kappa shape index (κ2) is 7.25. The molecule has 20 heavy (non-hydrogen) atoms. The molecule has 0 aliphatic rings. The quantitative estimate of drug-likeness (QED) is 0.848. The maximum Gasteiger partial charge on any atom is 0.0850 e. The number of thiophene rings is 1. The summed E-state index contributed by atoms with van der Waals surface area (Å²) in [4.78, 5) is 1.41. The van der Waals surface area contributed by atoms with Crippen LogP contribution in [0.2, 0.25) is 5.02 Å². The minimum absolute atomic E-state index is 0.399. The van der Waals surface area contributed by atoms with Crippen LogP contribution in [0.5, 0.6) is 0 Å². The lowest BCUT2D eigenvalue weighted by molar-refractivity contribution is 0.507. The summed E-state index contributed by atoms with van der Waals surface area (Å²) in [5.74, 6) is 0. The molecule has 0 saturated heterocycles. The first kappa shape index (κ1) is 15.5. The Hall–Kier alpha value is -0.840. The van der Waals surface area contributed by atoms with Crippen molar-refractivity contribution in [2.24, 2.45) is 7.05 Å². The van der Waals surface area contributed by atoms with Gasteiger partial charge in [-0.1, -0.05) is 31.5 Å². The Bertz CT molecular complexity index is 534. The minimum Gasteiger partial charge on any atom is -0.314 e.